The molecule has 0 aliphatic rings. The van der Waals surface area contributed by atoms with Crippen LogP contribution in [0.15, 0.2) is 89.6 Å². The van der Waals surface area contributed by atoms with Crippen LogP contribution in [0.2, 0.25) is 0 Å². The number of thiazole rings is 1. The fraction of sp³-hybridized carbons (Fsp3) is 0.172. The van der Waals surface area contributed by atoms with E-state index in [2.05, 4.69) is 40.3 Å². The van der Waals surface area contributed by atoms with Crippen molar-refractivity contribution >= 4 is 38.1 Å². The Morgan fingerprint density at radius 2 is 1.81 bits per heavy atom. The molecular weight excluding hydrogens is 480 g/mol. The molecule has 0 bridgehead atoms. The highest BCUT2D eigenvalue weighted by Crippen LogP contribution is 2.31. The molecule has 6 rings (SSSR count). The SMILES string of the molecule is CC(C)n1cc(-c2cccc3cc([C@H](C)Nc4nccc5scnc45)n(-c4ccccc4)c(=O)c23)cn1. The molecule has 1 N–H and O–H groups in total. The second kappa shape index (κ2) is 9.29. The Morgan fingerprint density at radius 1 is 0.973 bits per heavy atom. The number of benzene rings is 2. The van der Waals surface area contributed by atoms with Crippen molar-refractivity contribution in [1.82, 2.24) is 24.3 Å². The van der Waals surface area contributed by atoms with E-state index in [9.17, 15) is 4.79 Å². The highest BCUT2D eigenvalue weighted by atomic mass is 32.1. The molecule has 0 saturated heterocycles. The van der Waals surface area contributed by atoms with Crippen LogP contribution >= 0.6 is 11.3 Å². The maximum absolute atomic E-state index is 14.3. The van der Waals surface area contributed by atoms with Gasteiger partial charge in [0.2, 0.25) is 0 Å². The van der Waals surface area contributed by atoms with E-state index in [0.29, 0.717) is 11.2 Å². The monoisotopic (exact) mass is 506 g/mol. The van der Waals surface area contributed by atoms with Crippen LogP contribution in [0, 0.1) is 0 Å². The van der Waals surface area contributed by atoms with Crippen molar-refractivity contribution in [3.05, 3.63) is 101 Å². The molecule has 0 aliphatic carbocycles. The van der Waals surface area contributed by atoms with Gasteiger partial charge >= 0.3 is 0 Å². The van der Waals surface area contributed by atoms with E-state index in [1.54, 1.807) is 22.1 Å². The molecule has 7 nitrogen and oxygen atoms in total. The van der Waals surface area contributed by atoms with E-state index in [0.717, 1.165) is 38.1 Å². The van der Waals surface area contributed by atoms with Gasteiger partial charge in [-0.2, -0.15) is 5.10 Å². The summed E-state index contributed by atoms with van der Waals surface area (Å²) < 4.78 is 4.78. The molecule has 184 valence electrons. The first-order chi connectivity index (χ1) is 18.0. The van der Waals surface area contributed by atoms with Crippen LogP contribution in [0.25, 0.3) is 37.8 Å². The Hall–Kier alpha value is -4.30. The molecule has 37 heavy (non-hydrogen) atoms. The Balaban J connectivity index is 1.55. The lowest BCUT2D eigenvalue weighted by atomic mass is 9.99. The van der Waals surface area contributed by atoms with Gasteiger partial charge in [-0.05, 0) is 56.0 Å². The molecule has 4 heterocycles. The van der Waals surface area contributed by atoms with Gasteiger partial charge in [-0.15, -0.1) is 11.3 Å². The van der Waals surface area contributed by atoms with Crippen LogP contribution in [-0.4, -0.2) is 24.3 Å². The largest absolute Gasteiger partial charge is 0.360 e. The highest BCUT2D eigenvalue weighted by Gasteiger charge is 2.20. The topological polar surface area (TPSA) is 77.6 Å². The number of pyridine rings is 2. The van der Waals surface area contributed by atoms with Gasteiger partial charge < -0.3 is 5.32 Å². The van der Waals surface area contributed by atoms with Crippen LogP contribution in [0.5, 0.6) is 0 Å². The quantitative estimate of drug-likeness (QED) is 0.275. The third kappa shape index (κ3) is 4.09. The van der Waals surface area contributed by atoms with Crippen molar-refractivity contribution in [2.24, 2.45) is 0 Å². The molecule has 0 fully saturated rings. The Bertz CT molecular complexity index is 1780. The van der Waals surface area contributed by atoms with Crippen LogP contribution in [0.4, 0.5) is 5.82 Å². The van der Waals surface area contributed by atoms with Crippen molar-refractivity contribution < 1.29 is 0 Å². The number of fused-ring (bicyclic) bond motifs is 2. The summed E-state index contributed by atoms with van der Waals surface area (Å²) >= 11 is 1.58. The lowest BCUT2D eigenvalue weighted by molar-refractivity contribution is 0.532. The van der Waals surface area contributed by atoms with Gasteiger partial charge in [-0.1, -0.05) is 36.4 Å². The zero-order valence-electron chi connectivity index (χ0n) is 20.8. The summed E-state index contributed by atoms with van der Waals surface area (Å²) in [6, 6.07) is 19.8. The molecule has 0 amide bonds. The van der Waals surface area contributed by atoms with E-state index in [-0.39, 0.29) is 17.6 Å². The first-order valence-corrected chi connectivity index (χ1v) is 13.1. The summed E-state index contributed by atoms with van der Waals surface area (Å²) in [5, 5.41) is 9.58. The molecular formula is C29H26N6OS. The van der Waals surface area contributed by atoms with Crippen LogP contribution < -0.4 is 10.9 Å². The average molecular weight is 507 g/mol. The number of nitrogens with one attached hydrogen (secondary N) is 1. The average Bonchev–Trinajstić information content (AvgIpc) is 3.59. The number of para-hydroxylation sites is 1. The molecule has 0 saturated carbocycles. The molecule has 0 aliphatic heterocycles. The van der Waals surface area contributed by atoms with Crippen LogP contribution in [-0.2, 0) is 0 Å². The maximum Gasteiger partial charge on any atom is 0.263 e. The number of hydrogen-bond acceptors (Lipinski definition) is 6. The molecule has 6 aromatic rings. The zero-order valence-corrected chi connectivity index (χ0v) is 21.6. The van der Waals surface area contributed by atoms with Gasteiger partial charge in [0.1, 0.15) is 5.52 Å². The summed E-state index contributed by atoms with van der Waals surface area (Å²) in [6.07, 6.45) is 5.62. The fourth-order valence-electron chi connectivity index (χ4n) is 4.72. The van der Waals surface area contributed by atoms with Crippen molar-refractivity contribution in [3.63, 3.8) is 0 Å². The third-order valence-corrected chi connectivity index (χ3v) is 7.37. The normalized spacial score (nSPS) is 12.4. The van der Waals surface area contributed by atoms with Crippen LogP contribution in [0.1, 0.15) is 38.5 Å². The number of nitrogens with zero attached hydrogens (tertiary/aromatic N) is 5. The minimum absolute atomic E-state index is 0.0694. The number of aromatic nitrogens is 5. The molecule has 0 radical (unpaired) electrons. The first kappa shape index (κ1) is 23.1. The lowest BCUT2D eigenvalue weighted by Gasteiger charge is -2.22. The smallest absolute Gasteiger partial charge is 0.263 e. The Morgan fingerprint density at radius 3 is 2.59 bits per heavy atom. The van der Waals surface area contributed by atoms with E-state index in [4.69, 9.17) is 0 Å². The number of rotatable bonds is 6. The molecule has 8 heteroatoms. The minimum Gasteiger partial charge on any atom is -0.360 e. The van der Waals surface area contributed by atoms with Gasteiger partial charge in [0.25, 0.3) is 5.56 Å². The summed E-state index contributed by atoms with van der Waals surface area (Å²) in [7, 11) is 0. The van der Waals surface area contributed by atoms with E-state index < -0.39 is 0 Å². The van der Waals surface area contributed by atoms with Crippen molar-refractivity contribution in [1.29, 1.82) is 0 Å². The zero-order chi connectivity index (χ0) is 25.5. The summed E-state index contributed by atoms with van der Waals surface area (Å²) in [6.45, 7) is 6.22. The molecule has 0 spiro atoms. The number of anilines is 1. The summed E-state index contributed by atoms with van der Waals surface area (Å²) in [5.74, 6) is 0.702. The van der Waals surface area contributed by atoms with Gasteiger partial charge in [-0.25, -0.2) is 9.97 Å². The Kier molecular flexibility index (Phi) is 5.81. The minimum atomic E-state index is -0.218. The molecule has 1 atom stereocenters. The van der Waals surface area contributed by atoms with Crippen molar-refractivity contribution in [2.75, 3.05) is 5.32 Å². The number of hydrogen-bond donors (Lipinski definition) is 1. The van der Waals surface area contributed by atoms with E-state index >= 15 is 0 Å². The fourth-order valence-corrected chi connectivity index (χ4v) is 5.39. The second-order valence-electron chi connectivity index (χ2n) is 9.34. The third-order valence-electron chi connectivity index (χ3n) is 6.58. The van der Waals surface area contributed by atoms with Gasteiger partial charge in [0, 0.05) is 35.4 Å². The Labute approximate surface area is 218 Å². The first-order valence-electron chi connectivity index (χ1n) is 12.2. The molecule has 2 aromatic carbocycles. The highest BCUT2D eigenvalue weighted by molar-refractivity contribution is 7.16. The second-order valence-corrected chi connectivity index (χ2v) is 10.2. The standard InChI is InChI=1S/C29H26N6OS/c1-18(2)34-16-21(15-32-34)23-11-7-8-20-14-24(35(29(36)26(20)23)22-9-5-4-6-10-22)19(3)33-28-27-25(12-13-30-28)37-17-31-27/h4-19H,1-3H3,(H,30,33)/t19-/m0/s1. The van der Waals surface area contributed by atoms with Crippen LogP contribution in [0.3, 0.4) is 0 Å². The van der Waals surface area contributed by atoms with Crippen molar-refractivity contribution in [3.8, 4) is 16.8 Å². The van der Waals surface area contributed by atoms with Gasteiger partial charge in [0.05, 0.1) is 27.8 Å². The van der Waals surface area contributed by atoms with E-state index in [1.165, 1.54) is 0 Å². The van der Waals surface area contributed by atoms with Gasteiger partial charge in [-0.3, -0.25) is 14.0 Å². The predicted octanol–water partition coefficient (Wildman–Crippen LogP) is 6.61. The predicted molar refractivity (Wildman–Crippen MR) is 151 cm³/mol. The lowest BCUT2D eigenvalue weighted by Crippen LogP contribution is -2.26. The summed E-state index contributed by atoms with van der Waals surface area (Å²) in [5.41, 5.74) is 6.03. The van der Waals surface area contributed by atoms with E-state index in [1.807, 2.05) is 84.1 Å². The molecule has 0 unspecified atom stereocenters. The van der Waals surface area contributed by atoms with Gasteiger partial charge in [0.15, 0.2) is 5.82 Å². The van der Waals surface area contributed by atoms with Crippen molar-refractivity contribution in [2.45, 2.75) is 32.9 Å². The molecule has 4 aromatic heterocycles. The summed E-state index contributed by atoms with van der Waals surface area (Å²) in [4.78, 5) is 23.3. The maximum atomic E-state index is 14.3.